The van der Waals surface area contributed by atoms with E-state index in [4.69, 9.17) is 18.7 Å². The lowest BCUT2D eigenvalue weighted by Crippen LogP contribution is -2.46. The van der Waals surface area contributed by atoms with E-state index in [-0.39, 0.29) is 11.7 Å². The summed E-state index contributed by atoms with van der Waals surface area (Å²) in [7, 11) is 1.74. The van der Waals surface area contributed by atoms with Gasteiger partial charge in [0, 0.05) is 25.3 Å². The van der Waals surface area contributed by atoms with Gasteiger partial charge in [-0.2, -0.15) is 4.98 Å². The van der Waals surface area contributed by atoms with Crippen molar-refractivity contribution in [3.8, 4) is 5.75 Å². The van der Waals surface area contributed by atoms with Gasteiger partial charge in [0.25, 0.3) is 5.89 Å². The van der Waals surface area contributed by atoms with E-state index in [2.05, 4.69) is 27.2 Å². The van der Waals surface area contributed by atoms with Gasteiger partial charge in [-0.3, -0.25) is 4.90 Å². The number of fused-ring (bicyclic) bond motifs is 2. The zero-order valence-corrected chi connectivity index (χ0v) is 16.4. The van der Waals surface area contributed by atoms with Crippen molar-refractivity contribution < 1.29 is 18.7 Å². The number of piperidine rings is 1. The van der Waals surface area contributed by atoms with Gasteiger partial charge in [0.05, 0.1) is 25.9 Å². The van der Waals surface area contributed by atoms with E-state index in [1.807, 2.05) is 6.07 Å². The molecule has 0 radical (unpaired) electrons. The van der Waals surface area contributed by atoms with Gasteiger partial charge in [0.1, 0.15) is 11.9 Å². The van der Waals surface area contributed by atoms with E-state index in [0.717, 1.165) is 70.0 Å². The highest BCUT2D eigenvalue weighted by molar-refractivity contribution is 5.46. The van der Waals surface area contributed by atoms with Crippen LogP contribution in [0.25, 0.3) is 0 Å². The van der Waals surface area contributed by atoms with Crippen molar-refractivity contribution >= 4 is 0 Å². The van der Waals surface area contributed by atoms with Crippen LogP contribution in [0.3, 0.4) is 0 Å². The summed E-state index contributed by atoms with van der Waals surface area (Å²) < 4.78 is 23.1. The van der Waals surface area contributed by atoms with Crippen LogP contribution in [0.4, 0.5) is 0 Å². The number of rotatable bonds is 4. The highest BCUT2D eigenvalue weighted by Crippen LogP contribution is 2.45. The van der Waals surface area contributed by atoms with Crippen LogP contribution in [0, 0.1) is 0 Å². The van der Waals surface area contributed by atoms with Crippen molar-refractivity contribution in [2.24, 2.45) is 0 Å². The lowest BCUT2D eigenvalue weighted by molar-refractivity contribution is -0.100. The fraction of sp³-hybridized carbons (Fsp3) is 0.619. The predicted molar refractivity (Wildman–Crippen MR) is 101 cm³/mol. The van der Waals surface area contributed by atoms with Crippen molar-refractivity contribution in [2.75, 3.05) is 33.4 Å². The number of aromatic nitrogens is 2. The van der Waals surface area contributed by atoms with Gasteiger partial charge in [0.15, 0.2) is 5.82 Å². The molecule has 5 rings (SSSR count). The van der Waals surface area contributed by atoms with Crippen LogP contribution in [0.5, 0.6) is 5.75 Å². The molecule has 1 atom stereocenters. The van der Waals surface area contributed by atoms with Crippen LogP contribution in [0.1, 0.15) is 54.6 Å². The average Bonchev–Trinajstić information content (AvgIpc) is 3.41. The highest BCUT2D eigenvalue weighted by Gasteiger charge is 2.43. The molecule has 1 aromatic heterocycles. The molecule has 2 aromatic rings. The van der Waals surface area contributed by atoms with E-state index < -0.39 is 0 Å². The second-order valence-electron chi connectivity index (χ2n) is 7.91. The molecule has 3 aliphatic rings. The summed E-state index contributed by atoms with van der Waals surface area (Å²) in [5.41, 5.74) is 2.37. The lowest BCUT2D eigenvalue weighted by atomic mass is 9.79. The molecule has 0 bridgehead atoms. The first-order chi connectivity index (χ1) is 13.8. The summed E-state index contributed by atoms with van der Waals surface area (Å²) >= 11 is 0. The zero-order valence-electron chi connectivity index (χ0n) is 16.4. The molecule has 7 nitrogen and oxygen atoms in total. The van der Waals surface area contributed by atoms with Crippen molar-refractivity contribution in [3.63, 3.8) is 0 Å². The number of hydrogen-bond donors (Lipinski definition) is 0. The van der Waals surface area contributed by atoms with Gasteiger partial charge in [-0.15, -0.1) is 0 Å². The number of ether oxygens (including phenoxy) is 3. The van der Waals surface area contributed by atoms with Crippen LogP contribution in [-0.2, 0) is 28.0 Å². The van der Waals surface area contributed by atoms with Crippen molar-refractivity contribution in [3.05, 3.63) is 41.0 Å². The van der Waals surface area contributed by atoms with E-state index in [1.54, 1.807) is 7.11 Å². The summed E-state index contributed by atoms with van der Waals surface area (Å²) in [5, 5.41) is 4.16. The van der Waals surface area contributed by atoms with Crippen molar-refractivity contribution in [1.29, 1.82) is 0 Å². The first-order valence-electron chi connectivity index (χ1n) is 10.2. The SMILES string of the molecule is COc1cccc2c1C1(CCN(Cc3noc(C4CCCO4)n3)CC1)OCC2. The van der Waals surface area contributed by atoms with Crippen LogP contribution in [0.2, 0.25) is 0 Å². The van der Waals surface area contributed by atoms with E-state index in [1.165, 1.54) is 11.1 Å². The molecule has 0 saturated carbocycles. The molecule has 0 aliphatic carbocycles. The van der Waals surface area contributed by atoms with Crippen molar-refractivity contribution in [1.82, 2.24) is 15.0 Å². The summed E-state index contributed by atoms with van der Waals surface area (Å²) in [6, 6.07) is 6.34. The van der Waals surface area contributed by atoms with E-state index in [0.29, 0.717) is 12.4 Å². The third-order valence-corrected chi connectivity index (χ3v) is 6.26. The molecule has 1 unspecified atom stereocenters. The first-order valence-corrected chi connectivity index (χ1v) is 10.2. The normalized spacial score (nSPS) is 24.4. The van der Waals surface area contributed by atoms with Crippen molar-refractivity contribution in [2.45, 2.75) is 50.4 Å². The van der Waals surface area contributed by atoms with Gasteiger partial charge in [-0.1, -0.05) is 17.3 Å². The Bertz CT molecular complexity index is 809. The smallest absolute Gasteiger partial charge is 0.255 e. The van der Waals surface area contributed by atoms with E-state index >= 15 is 0 Å². The Morgan fingerprint density at radius 2 is 2.14 bits per heavy atom. The molecule has 2 saturated heterocycles. The minimum atomic E-state index is -0.239. The summed E-state index contributed by atoms with van der Waals surface area (Å²) in [4.78, 5) is 6.94. The summed E-state index contributed by atoms with van der Waals surface area (Å²) in [6.07, 6.45) is 4.83. The second kappa shape index (κ2) is 7.46. The van der Waals surface area contributed by atoms with Gasteiger partial charge in [-0.05, 0) is 43.7 Å². The number of benzene rings is 1. The molecule has 2 fully saturated rings. The molecule has 7 heteroatoms. The minimum Gasteiger partial charge on any atom is -0.496 e. The quantitative estimate of drug-likeness (QED) is 0.801. The fourth-order valence-corrected chi connectivity index (χ4v) is 4.80. The number of nitrogens with zero attached hydrogens (tertiary/aromatic N) is 3. The minimum absolute atomic E-state index is 0.0227. The van der Waals surface area contributed by atoms with Gasteiger partial charge < -0.3 is 18.7 Å². The Morgan fingerprint density at radius 3 is 2.93 bits per heavy atom. The Morgan fingerprint density at radius 1 is 1.25 bits per heavy atom. The molecule has 3 aliphatic heterocycles. The summed E-state index contributed by atoms with van der Waals surface area (Å²) in [6.45, 7) is 4.12. The number of methoxy groups -OCH3 is 1. The molecule has 0 amide bonds. The maximum Gasteiger partial charge on any atom is 0.255 e. The van der Waals surface area contributed by atoms with Crippen LogP contribution < -0.4 is 4.74 Å². The van der Waals surface area contributed by atoms with Gasteiger partial charge in [0.2, 0.25) is 0 Å². The third kappa shape index (κ3) is 3.21. The van der Waals surface area contributed by atoms with Crippen LogP contribution in [0.15, 0.2) is 22.7 Å². The third-order valence-electron chi connectivity index (χ3n) is 6.26. The molecular weight excluding hydrogens is 358 g/mol. The average molecular weight is 385 g/mol. The van der Waals surface area contributed by atoms with Gasteiger partial charge >= 0.3 is 0 Å². The second-order valence-corrected chi connectivity index (χ2v) is 7.91. The molecule has 1 aromatic carbocycles. The molecule has 150 valence electrons. The first kappa shape index (κ1) is 18.1. The van der Waals surface area contributed by atoms with Crippen LogP contribution in [-0.4, -0.2) is 48.5 Å². The van der Waals surface area contributed by atoms with Crippen LogP contribution >= 0.6 is 0 Å². The predicted octanol–water partition coefficient (Wildman–Crippen LogP) is 2.99. The van der Waals surface area contributed by atoms with Gasteiger partial charge in [-0.25, -0.2) is 0 Å². The Kier molecular flexibility index (Phi) is 4.82. The maximum absolute atomic E-state index is 6.37. The molecular formula is C21H27N3O4. The molecule has 4 heterocycles. The topological polar surface area (TPSA) is 69.9 Å². The highest BCUT2D eigenvalue weighted by atomic mass is 16.5. The zero-order chi connectivity index (χ0) is 19.0. The lowest BCUT2D eigenvalue weighted by Gasteiger charge is -2.45. The monoisotopic (exact) mass is 385 g/mol. The Labute approximate surface area is 165 Å². The fourth-order valence-electron chi connectivity index (χ4n) is 4.80. The Hall–Kier alpha value is -1.96. The maximum atomic E-state index is 6.37. The molecule has 0 N–H and O–H groups in total. The number of hydrogen-bond acceptors (Lipinski definition) is 7. The van der Waals surface area contributed by atoms with E-state index in [9.17, 15) is 0 Å². The standard InChI is InChI=1S/C21H27N3O4/c1-25-16-5-2-4-15-7-13-27-21(19(15)16)8-10-24(11-9-21)14-18-22-20(28-23-18)17-6-3-12-26-17/h2,4-5,17H,3,6-14H2,1H3. The molecule has 28 heavy (non-hydrogen) atoms. The number of likely N-dealkylation sites (tertiary alicyclic amines) is 1. The summed E-state index contributed by atoms with van der Waals surface area (Å²) in [5.74, 6) is 2.31. The Balaban J connectivity index is 1.27. The molecule has 1 spiro atoms. The largest absolute Gasteiger partial charge is 0.496 e.